The summed E-state index contributed by atoms with van der Waals surface area (Å²) in [5.74, 6) is -1.53. The molecule has 1 aliphatic heterocycles. The minimum atomic E-state index is -0.869. The first kappa shape index (κ1) is 16.8. The van der Waals surface area contributed by atoms with Crippen LogP contribution in [0, 0.1) is 17.0 Å². The number of oxime groups is 1. The molecule has 3 rings (SSSR count). The lowest BCUT2D eigenvalue weighted by molar-refractivity contribution is -0.132. The largest absolute Gasteiger partial charge is 0.396 e. The van der Waals surface area contributed by atoms with Gasteiger partial charge in [-0.1, -0.05) is 18.5 Å². The van der Waals surface area contributed by atoms with Gasteiger partial charge in [-0.3, -0.25) is 4.79 Å². The van der Waals surface area contributed by atoms with Crippen molar-refractivity contribution in [2.45, 2.75) is 44.8 Å². The zero-order chi connectivity index (χ0) is 17.3. The number of aliphatic hydroxyl groups is 1. The van der Waals surface area contributed by atoms with Crippen molar-refractivity contribution >= 4 is 11.6 Å². The maximum Gasteiger partial charge on any atom is 0.264 e. The third kappa shape index (κ3) is 3.13. The lowest BCUT2D eigenvalue weighted by Gasteiger charge is -2.30. The van der Waals surface area contributed by atoms with E-state index in [1.54, 1.807) is 0 Å². The van der Waals surface area contributed by atoms with Crippen molar-refractivity contribution in [1.82, 2.24) is 5.32 Å². The van der Waals surface area contributed by atoms with Crippen LogP contribution >= 0.6 is 0 Å². The van der Waals surface area contributed by atoms with Gasteiger partial charge in [0.25, 0.3) is 5.91 Å². The van der Waals surface area contributed by atoms with Gasteiger partial charge in [-0.25, -0.2) is 8.78 Å². The SMILES string of the molecule is CC1(CO)CCCC1NC(=O)C1CC(c2cc(F)ccc2F)=NO1. The first-order valence-corrected chi connectivity index (χ1v) is 8.02. The summed E-state index contributed by atoms with van der Waals surface area (Å²) in [4.78, 5) is 17.5. The maximum absolute atomic E-state index is 13.8. The number of nitrogens with one attached hydrogen (secondary N) is 1. The number of benzene rings is 1. The van der Waals surface area contributed by atoms with Crippen molar-refractivity contribution in [2.24, 2.45) is 10.6 Å². The van der Waals surface area contributed by atoms with Crippen LogP contribution in [0.15, 0.2) is 23.4 Å². The highest BCUT2D eigenvalue weighted by Gasteiger charge is 2.41. The van der Waals surface area contributed by atoms with Crippen LogP contribution in [-0.4, -0.2) is 35.5 Å². The van der Waals surface area contributed by atoms with Crippen molar-refractivity contribution in [2.75, 3.05) is 6.61 Å². The van der Waals surface area contributed by atoms with Crippen molar-refractivity contribution in [1.29, 1.82) is 0 Å². The van der Waals surface area contributed by atoms with Crippen LogP contribution in [0.4, 0.5) is 8.78 Å². The van der Waals surface area contributed by atoms with Crippen LogP contribution in [0.25, 0.3) is 0 Å². The van der Waals surface area contributed by atoms with Gasteiger partial charge < -0.3 is 15.3 Å². The van der Waals surface area contributed by atoms with E-state index in [-0.39, 0.29) is 41.7 Å². The molecule has 2 N–H and O–H groups in total. The summed E-state index contributed by atoms with van der Waals surface area (Å²) in [6, 6.07) is 2.95. The maximum atomic E-state index is 13.8. The second-order valence-corrected chi connectivity index (χ2v) is 6.73. The Kier molecular flexibility index (Phi) is 4.54. The predicted molar refractivity (Wildman–Crippen MR) is 83.4 cm³/mol. The van der Waals surface area contributed by atoms with Crippen LogP contribution in [0.2, 0.25) is 0 Å². The monoisotopic (exact) mass is 338 g/mol. The quantitative estimate of drug-likeness (QED) is 0.883. The number of hydrogen-bond acceptors (Lipinski definition) is 4. The molecule has 0 aromatic heterocycles. The van der Waals surface area contributed by atoms with E-state index in [1.807, 2.05) is 6.92 Å². The van der Waals surface area contributed by atoms with Gasteiger partial charge in [0.15, 0.2) is 0 Å². The minimum absolute atomic E-state index is 0.000274. The Morgan fingerprint density at radius 3 is 3.04 bits per heavy atom. The summed E-state index contributed by atoms with van der Waals surface area (Å²) in [6.07, 6.45) is 1.78. The molecule has 3 unspecified atom stereocenters. The van der Waals surface area contributed by atoms with Crippen LogP contribution in [0.3, 0.4) is 0 Å². The second-order valence-electron chi connectivity index (χ2n) is 6.73. The summed E-state index contributed by atoms with van der Waals surface area (Å²) in [5, 5.41) is 16.2. The van der Waals surface area contributed by atoms with Crippen LogP contribution in [0.5, 0.6) is 0 Å². The van der Waals surface area contributed by atoms with E-state index in [2.05, 4.69) is 10.5 Å². The van der Waals surface area contributed by atoms with E-state index >= 15 is 0 Å². The van der Waals surface area contributed by atoms with Gasteiger partial charge >= 0.3 is 0 Å². The molecule has 1 saturated carbocycles. The molecule has 5 nitrogen and oxygen atoms in total. The lowest BCUT2D eigenvalue weighted by atomic mass is 9.85. The van der Waals surface area contributed by atoms with Gasteiger partial charge in [-0.05, 0) is 31.0 Å². The Hall–Kier alpha value is -2.02. The number of hydrogen-bond donors (Lipinski definition) is 2. The Morgan fingerprint density at radius 1 is 1.50 bits per heavy atom. The average molecular weight is 338 g/mol. The van der Waals surface area contributed by atoms with Crippen molar-refractivity contribution in [3.05, 3.63) is 35.4 Å². The third-order valence-electron chi connectivity index (χ3n) is 4.96. The molecule has 1 amide bonds. The van der Waals surface area contributed by atoms with Gasteiger partial charge in [0.2, 0.25) is 6.10 Å². The van der Waals surface area contributed by atoms with Crippen molar-refractivity contribution in [3.8, 4) is 0 Å². The van der Waals surface area contributed by atoms with E-state index < -0.39 is 17.7 Å². The number of nitrogens with zero attached hydrogens (tertiary/aromatic N) is 1. The fraction of sp³-hybridized carbons (Fsp3) is 0.529. The zero-order valence-electron chi connectivity index (χ0n) is 13.4. The topological polar surface area (TPSA) is 70.9 Å². The molecular weight excluding hydrogens is 318 g/mol. The number of carbonyl (C=O) groups excluding carboxylic acids is 1. The van der Waals surface area contributed by atoms with Crippen LogP contribution in [0.1, 0.15) is 38.2 Å². The molecule has 1 heterocycles. The number of amides is 1. The zero-order valence-corrected chi connectivity index (χ0v) is 13.4. The number of rotatable bonds is 4. The molecule has 130 valence electrons. The molecule has 0 saturated heterocycles. The fourth-order valence-electron chi connectivity index (χ4n) is 3.33. The first-order valence-electron chi connectivity index (χ1n) is 8.02. The van der Waals surface area contributed by atoms with Crippen molar-refractivity contribution < 1.29 is 23.5 Å². The molecule has 0 bridgehead atoms. The summed E-state index contributed by atoms with van der Waals surface area (Å²) in [7, 11) is 0. The molecule has 1 aromatic carbocycles. The van der Waals surface area contributed by atoms with Gasteiger partial charge in [0, 0.05) is 23.4 Å². The standard InChI is InChI=1S/C17H20F2N2O3/c1-17(9-22)6-2-3-15(17)20-16(23)14-8-13(21-24-14)11-7-10(18)4-5-12(11)19/h4-5,7,14-15,22H,2-3,6,8-9H2,1H3,(H,20,23). The molecule has 3 atom stereocenters. The van der Waals surface area contributed by atoms with Crippen LogP contribution < -0.4 is 5.32 Å². The highest BCUT2D eigenvalue weighted by atomic mass is 19.1. The van der Waals surface area contributed by atoms with Crippen molar-refractivity contribution in [3.63, 3.8) is 0 Å². The third-order valence-corrected chi connectivity index (χ3v) is 4.96. The Balaban J connectivity index is 1.64. The highest BCUT2D eigenvalue weighted by Crippen LogP contribution is 2.37. The number of aliphatic hydroxyl groups excluding tert-OH is 1. The molecular formula is C17H20F2N2O3. The van der Waals surface area contributed by atoms with E-state index in [0.717, 1.165) is 37.5 Å². The molecule has 0 radical (unpaired) electrons. The Morgan fingerprint density at radius 2 is 2.29 bits per heavy atom. The normalized spacial score (nSPS) is 29.2. The van der Waals surface area contributed by atoms with Gasteiger partial charge in [-0.2, -0.15) is 0 Å². The summed E-state index contributed by atoms with van der Waals surface area (Å²) in [5.41, 5.74) is -0.123. The Bertz CT molecular complexity index is 680. The fourth-order valence-corrected chi connectivity index (χ4v) is 3.33. The molecule has 1 fully saturated rings. The average Bonchev–Trinajstić information content (AvgIpc) is 3.18. The van der Waals surface area contributed by atoms with Gasteiger partial charge in [0.05, 0.1) is 12.3 Å². The molecule has 24 heavy (non-hydrogen) atoms. The summed E-state index contributed by atoms with van der Waals surface area (Å²) < 4.78 is 27.1. The van der Waals surface area contributed by atoms with Crippen LogP contribution in [-0.2, 0) is 9.63 Å². The molecule has 1 aliphatic carbocycles. The van der Waals surface area contributed by atoms with E-state index in [4.69, 9.17) is 4.84 Å². The molecule has 7 heteroatoms. The van der Waals surface area contributed by atoms with Gasteiger partial charge in [0.1, 0.15) is 11.6 Å². The molecule has 0 spiro atoms. The Labute approximate surface area is 138 Å². The summed E-state index contributed by atoms with van der Waals surface area (Å²) >= 11 is 0. The number of halogens is 2. The van der Waals surface area contributed by atoms with E-state index in [9.17, 15) is 18.7 Å². The molecule has 1 aromatic rings. The van der Waals surface area contributed by atoms with E-state index in [1.165, 1.54) is 0 Å². The summed E-state index contributed by atoms with van der Waals surface area (Å²) in [6.45, 7) is 1.93. The smallest absolute Gasteiger partial charge is 0.264 e. The highest BCUT2D eigenvalue weighted by molar-refractivity contribution is 6.04. The second kappa shape index (κ2) is 6.47. The van der Waals surface area contributed by atoms with Gasteiger partial charge in [-0.15, -0.1) is 0 Å². The lowest BCUT2D eigenvalue weighted by Crippen LogP contribution is -2.48. The predicted octanol–water partition coefficient (Wildman–Crippen LogP) is 2.13. The first-order chi connectivity index (χ1) is 11.4. The minimum Gasteiger partial charge on any atom is -0.396 e. The number of carbonyl (C=O) groups is 1. The van der Waals surface area contributed by atoms with E-state index in [0.29, 0.717) is 0 Å². The molecule has 2 aliphatic rings.